The van der Waals surface area contributed by atoms with Crippen molar-refractivity contribution in [2.24, 2.45) is 5.92 Å². The van der Waals surface area contributed by atoms with Crippen LogP contribution in [0.15, 0.2) is 0 Å². The SMILES string of the molecule is COc1nc(OC)nc(N2CCC3CCCCC2C3=O)n1. The molecule has 2 fully saturated rings. The average molecular weight is 292 g/mol. The molecule has 7 heteroatoms. The van der Waals surface area contributed by atoms with Crippen LogP contribution in [0.2, 0.25) is 0 Å². The van der Waals surface area contributed by atoms with Crippen molar-refractivity contribution in [1.82, 2.24) is 15.0 Å². The summed E-state index contributed by atoms with van der Waals surface area (Å²) in [5.41, 5.74) is 0. The first-order valence-electron chi connectivity index (χ1n) is 7.37. The molecule has 114 valence electrons. The third-order valence-corrected chi connectivity index (χ3v) is 4.31. The number of fused-ring (bicyclic) bond motifs is 2. The summed E-state index contributed by atoms with van der Waals surface area (Å²) in [6.45, 7) is 0.789. The molecule has 21 heavy (non-hydrogen) atoms. The molecule has 1 aliphatic carbocycles. The quantitative estimate of drug-likeness (QED) is 0.829. The maximum Gasteiger partial charge on any atom is 0.324 e. The number of piperidine rings is 1. The zero-order valence-corrected chi connectivity index (χ0v) is 12.4. The number of hydrogen-bond donors (Lipinski definition) is 0. The molecular formula is C14H20N4O3. The second-order valence-electron chi connectivity index (χ2n) is 5.49. The van der Waals surface area contributed by atoms with Crippen LogP contribution in [0.3, 0.4) is 0 Å². The van der Waals surface area contributed by atoms with Gasteiger partial charge < -0.3 is 14.4 Å². The fourth-order valence-corrected chi connectivity index (χ4v) is 3.21. The molecule has 1 saturated carbocycles. The molecule has 1 saturated heterocycles. The van der Waals surface area contributed by atoms with E-state index in [4.69, 9.17) is 9.47 Å². The van der Waals surface area contributed by atoms with Gasteiger partial charge in [-0.15, -0.1) is 4.98 Å². The van der Waals surface area contributed by atoms with Gasteiger partial charge >= 0.3 is 12.0 Å². The maximum atomic E-state index is 12.5. The largest absolute Gasteiger partial charge is 0.467 e. The molecule has 2 unspecified atom stereocenters. The van der Waals surface area contributed by atoms with Crippen LogP contribution >= 0.6 is 0 Å². The van der Waals surface area contributed by atoms with Crippen LogP contribution in [0, 0.1) is 5.92 Å². The highest BCUT2D eigenvalue weighted by Gasteiger charge is 2.39. The molecule has 0 N–H and O–H groups in total. The highest BCUT2D eigenvalue weighted by molar-refractivity contribution is 5.90. The standard InChI is InChI=1S/C14H20N4O3/c1-20-13-15-12(16-14(17-13)21-2)18-8-7-9-5-3-4-6-10(18)11(9)19/h9-10H,3-8H2,1-2H3. The van der Waals surface area contributed by atoms with E-state index in [-0.39, 0.29) is 24.0 Å². The van der Waals surface area contributed by atoms with Gasteiger partial charge in [0.2, 0.25) is 5.95 Å². The fourth-order valence-electron chi connectivity index (χ4n) is 3.21. The zero-order valence-electron chi connectivity index (χ0n) is 12.4. The summed E-state index contributed by atoms with van der Waals surface area (Å²) in [6.07, 6.45) is 4.96. The lowest BCUT2D eigenvalue weighted by Gasteiger charge is -2.36. The van der Waals surface area contributed by atoms with E-state index in [0.29, 0.717) is 11.7 Å². The topological polar surface area (TPSA) is 77.4 Å². The fraction of sp³-hybridized carbons (Fsp3) is 0.714. The number of hydrogen-bond acceptors (Lipinski definition) is 7. The van der Waals surface area contributed by atoms with Gasteiger partial charge in [0, 0.05) is 12.5 Å². The predicted molar refractivity (Wildman–Crippen MR) is 75.6 cm³/mol. The number of ether oxygens (including phenoxy) is 2. The van der Waals surface area contributed by atoms with Crippen LogP contribution < -0.4 is 14.4 Å². The van der Waals surface area contributed by atoms with E-state index < -0.39 is 0 Å². The van der Waals surface area contributed by atoms with E-state index in [1.807, 2.05) is 4.90 Å². The van der Waals surface area contributed by atoms with Gasteiger partial charge in [0.05, 0.1) is 20.3 Å². The first-order valence-corrected chi connectivity index (χ1v) is 7.37. The van der Waals surface area contributed by atoms with Crippen molar-refractivity contribution in [2.75, 3.05) is 25.7 Å². The van der Waals surface area contributed by atoms with Crippen molar-refractivity contribution in [2.45, 2.75) is 38.1 Å². The van der Waals surface area contributed by atoms with Crippen LogP contribution in [-0.4, -0.2) is 47.5 Å². The minimum absolute atomic E-state index is 0.122. The number of aromatic nitrogens is 3. The minimum atomic E-state index is -0.122. The molecule has 1 aliphatic heterocycles. The minimum Gasteiger partial charge on any atom is -0.467 e. The Labute approximate surface area is 123 Å². The summed E-state index contributed by atoms with van der Waals surface area (Å²) in [5.74, 6) is 1.01. The zero-order chi connectivity index (χ0) is 14.8. The third-order valence-electron chi connectivity index (χ3n) is 4.31. The Morgan fingerprint density at radius 2 is 1.67 bits per heavy atom. The Balaban J connectivity index is 1.93. The number of methoxy groups -OCH3 is 2. The Morgan fingerprint density at radius 3 is 2.33 bits per heavy atom. The van der Waals surface area contributed by atoms with Crippen LogP contribution in [0.1, 0.15) is 32.1 Å². The van der Waals surface area contributed by atoms with Crippen molar-refractivity contribution in [3.05, 3.63) is 0 Å². The molecule has 1 aromatic rings. The van der Waals surface area contributed by atoms with Crippen molar-refractivity contribution in [3.8, 4) is 12.0 Å². The predicted octanol–water partition coefficient (Wildman–Crippen LogP) is 1.23. The van der Waals surface area contributed by atoms with Gasteiger partial charge in [-0.05, 0) is 19.3 Å². The van der Waals surface area contributed by atoms with Gasteiger partial charge in [-0.2, -0.15) is 9.97 Å². The molecule has 0 radical (unpaired) electrons. The van der Waals surface area contributed by atoms with E-state index in [1.165, 1.54) is 14.2 Å². The second kappa shape index (κ2) is 5.83. The lowest BCUT2D eigenvalue weighted by atomic mass is 9.88. The molecule has 0 spiro atoms. The number of ketones is 1. The van der Waals surface area contributed by atoms with E-state index in [1.54, 1.807) is 0 Å². The highest BCUT2D eigenvalue weighted by atomic mass is 16.5. The second-order valence-corrected chi connectivity index (χ2v) is 5.49. The van der Waals surface area contributed by atoms with Crippen LogP contribution in [0.4, 0.5) is 5.95 Å². The van der Waals surface area contributed by atoms with E-state index in [0.717, 1.165) is 38.6 Å². The number of rotatable bonds is 3. The van der Waals surface area contributed by atoms with Crippen molar-refractivity contribution < 1.29 is 14.3 Å². The number of carbonyl (C=O) groups excluding carboxylic acids is 1. The van der Waals surface area contributed by atoms with Gasteiger partial charge in [-0.25, -0.2) is 0 Å². The first kappa shape index (κ1) is 14.0. The van der Waals surface area contributed by atoms with Gasteiger partial charge in [-0.3, -0.25) is 4.79 Å². The van der Waals surface area contributed by atoms with E-state index in [9.17, 15) is 4.79 Å². The number of anilines is 1. The van der Waals surface area contributed by atoms with Gasteiger partial charge in [0.15, 0.2) is 5.78 Å². The van der Waals surface area contributed by atoms with Crippen LogP contribution in [0.25, 0.3) is 0 Å². The number of Topliss-reactive ketones (excluding diaryl/α,β-unsaturated/α-hetero) is 1. The normalized spacial score (nSPS) is 25.4. The van der Waals surface area contributed by atoms with Crippen molar-refractivity contribution in [1.29, 1.82) is 0 Å². The Kier molecular flexibility index (Phi) is 3.90. The summed E-state index contributed by atoms with van der Waals surface area (Å²) in [6, 6.07) is 0.295. The Morgan fingerprint density at radius 1 is 1.00 bits per heavy atom. The molecular weight excluding hydrogens is 272 g/mol. The number of nitrogens with zero attached hydrogens (tertiary/aromatic N) is 4. The lowest BCUT2D eigenvalue weighted by molar-refractivity contribution is -0.125. The summed E-state index contributed by atoms with van der Waals surface area (Å²) in [5, 5.41) is 0. The summed E-state index contributed by atoms with van der Waals surface area (Å²) >= 11 is 0. The van der Waals surface area contributed by atoms with Crippen LogP contribution in [-0.2, 0) is 4.79 Å². The van der Waals surface area contributed by atoms with Gasteiger partial charge in [-0.1, -0.05) is 12.8 Å². The molecule has 2 heterocycles. The lowest BCUT2D eigenvalue weighted by Crippen LogP contribution is -2.49. The molecule has 3 rings (SSSR count). The first-order chi connectivity index (χ1) is 10.2. The maximum absolute atomic E-state index is 12.5. The molecule has 1 aromatic heterocycles. The molecule has 0 aromatic carbocycles. The summed E-state index contributed by atoms with van der Waals surface area (Å²) < 4.78 is 10.2. The number of carbonyl (C=O) groups is 1. The summed E-state index contributed by atoms with van der Waals surface area (Å²) in [7, 11) is 3.00. The molecule has 2 aliphatic rings. The monoisotopic (exact) mass is 292 g/mol. The Bertz CT molecular complexity index is 515. The van der Waals surface area contributed by atoms with Crippen LogP contribution in [0.5, 0.6) is 12.0 Å². The van der Waals surface area contributed by atoms with Gasteiger partial charge in [0.1, 0.15) is 0 Å². The third kappa shape index (κ3) is 2.64. The Hall–Kier alpha value is -1.92. The van der Waals surface area contributed by atoms with E-state index in [2.05, 4.69) is 15.0 Å². The summed E-state index contributed by atoms with van der Waals surface area (Å²) in [4.78, 5) is 27.1. The highest BCUT2D eigenvalue weighted by Crippen LogP contribution is 2.33. The molecule has 0 amide bonds. The average Bonchev–Trinajstić information content (AvgIpc) is 2.63. The smallest absolute Gasteiger partial charge is 0.324 e. The van der Waals surface area contributed by atoms with Crippen molar-refractivity contribution >= 4 is 11.7 Å². The van der Waals surface area contributed by atoms with Crippen molar-refractivity contribution in [3.63, 3.8) is 0 Å². The van der Waals surface area contributed by atoms with Gasteiger partial charge in [0.25, 0.3) is 0 Å². The molecule has 7 nitrogen and oxygen atoms in total. The molecule has 2 bridgehead atoms. The van der Waals surface area contributed by atoms with E-state index >= 15 is 0 Å². The molecule has 2 atom stereocenters.